The van der Waals surface area contributed by atoms with E-state index in [9.17, 15) is 0 Å². The lowest BCUT2D eigenvalue weighted by molar-refractivity contribution is 0.613. The van der Waals surface area contributed by atoms with Crippen LogP contribution < -0.4 is 5.32 Å². The van der Waals surface area contributed by atoms with Gasteiger partial charge in [-0.1, -0.05) is 60.7 Å². The van der Waals surface area contributed by atoms with Gasteiger partial charge in [0.25, 0.3) is 0 Å². The number of anilines is 1. The van der Waals surface area contributed by atoms with Gasteiger partial charge in [-0.2, -0.15) is 0 Å². The number of nitrogens with zero attached hydrogens (tertiary/aromatic N) is 1. The molecule has 0 saturated heterocycles. The van der Waals surface area contributed by atoms with Crippen molar-refractivity contribution in [1.29, 1.82) is 0 Å². The highest BCUT2D eigenvalue weighted by atomic mass is 15.0. The fourth-order valence-electron chi connectivity index (χ4n) is 5.20. The second kappa shape index (κ2) is 7.11. The molecule has 1 heterocycles. The number of allylic oxidation sites excluding steroid dienone is 2. The van der Waals surface area contributed by atoms with E-state index in [1.807, 2.05) is 7.05 Å². The van der Waals surface area contributed by atoms with Crippen molar-refractivity contribution in [2.24, 2.45) is 0 Å². The van der Waals surface area contributed by atoms with Crippen molar-refractivity contribution in [3.8, 4) is 0 Å². The van der Waals surface area contributed by atoms with Gasteiger partial charge in [0, 0.05) is 36.5 Å². The van der Waals surface area contributed by atoms with Crippen LogP contribution in [0.25, 0.3) is 12.2 Å². The minimum atomic E-state index is 0.288. The first-order chi connectivity index (χ1) is 14.2. The predicted octanol–water partition coefficient (Wildman–Crippen LogP) is 6.37. The Morgan fingerprint density at radius 2 is 1.83 bits per heavy atom. The zero-order valence-electron chi connectivity index (χ0n) is 17.4. The standard InChI is InChI=1S/C27H28N2/c1-18-9-4-5-10-21(18)20-15-16-27-24(17-20)23-12-8-14-26(23)29(27)19(2)22-11-6-7-13-25(22)28-3/h4-13,15-16,19-20,28H,14,17H2,1-3H3. The molecule has 0 aliphatic heterocycles. The Balaban J connectivity index is 1.61. The van der Waals surface area contributed by atoms with Crippen LogP contribution in [0.3, 0.4) is 0 Å². The molecule has 0 fully saturated rings. The molecular weight excluding hydrogens is 352 g/mol. The zero-order chi connectivity index (χ0) is 20.0. The molecule has 0 bridgehead atoms. The summed E-state index contributed by atoms with van der Waals surface area (Å²) in [5, 5.41) is 3.37. The average Bonchev–Trinajstić information content (AvgIpc) is 3.34. The number of hydrogen-bond acceptors (Lipinski definition) is 1. The lowest BCUT2D eigenvalue weighted by Gasteiger charge is -2.25. The van der Waals surface area contributed by atoms with E-state index in [1.165, 1.54) is 44.9 Å². The van der Waals surface area contributed by atoms with Gasteiger partial charge < -0.3 is 9.88 Å². The molecule has 2 aliphatic rings. The van der Waals surface area contributed by atoms with E-state index < -0.39 is 0 Å². The summed E-state index contributed by atoms with van der Waals surface area (Å²) >= 11 is 0. The number of hydrogen-bond donors (Lipinski definition) is 1. The van der Waals surface area contributed by atoms with E-state index in [2.05, 4.69) is 96.6 Å². The van der Waals surface area contributed by atoms with E-state index in [1.54, 1.807) is 0 Å². The largest absolute Gasteiger partial charge is 0.388 e. The lowest BCUT2D eigenvalue weighted by Crippen LogP contribution is -2.15. The highest BCUT2D eigenvalue weighted by Gasteiger charge is 2.29. The van der Waals surface area contributed by atoms with Gasteiger partial charge in [-0.05, 0) is 60.2 Å². The molecular formula is C27H28N2. The molecule has 2 atom stereocenters. The third-order valence-electron chi connectivity index (χ3n) is 6.66. The summed E-state index contributed by atoms with van der Waals surface area (Å²) in [6.07, 6.45) is 11.6. The van der Waals surface area contributed by atoms with Crippen molar-refractivity contribution in [2.45, 2.75) is 38.6 Å². The van der Waals surface area contributed by atoms with Crippen LogP contribution in [0, 0.1) is 6.92 Å². The van der Waals surface area contributed by atoms with Gasteiger partial charge in [0.05, 0.1) is 6.04 Å². The van der Waals surface area contributed by atoms with Crippen LogP contribution in [-0.2, 0) is 12.8 Å². The molecule has 0 saturated carbocycles. The number of nitrogens with one attached hydrogen (secondary N) is 1. The molecule has 0 spiro atoms. The Morgan fingerprint density at radius 3 is 2.66 bits per heavy atom. The maximum absolute atomic E-state index is 3.37. The number of aryl methyl sites for hydroxylation is 1. The number of aromatic nitrogens is 1. The fraction of sp³-hybridized carbons (Fsp3) is 0.259. The molecule has 1 aromatic heterocycles. The van der Waals surface area contributed by atoms with Crippen molar-refractivity contribution in [2.75, 3.05) is 12.4 Å². The first kappa shape index (κ1) is 18.1. The van der Waals surface area contributed by atoms with Crippen molar-refractivity contribution < 1.29 is 0 Å². The summed E-state index contributed by atoms with van der Waals surface area (Å²) in [6.45, 7) is 4.56. The van der Waals surface area contributed by atoms with Crippen LogP contribution >= 0.6 is 0 Å². The number of fused-ring (bicyclic) bond motifs is 3. The Bertz CT molecular complexity index is 1130. The Kier molecular flexibility index (Phi) is 4.43. The van der Waals surface area contributed by atoms with Crippen LogP contribution in [0.5, 0.6) is 0 Å². The van der Waals surface area contributed by atoms with Gasteiger partial charge >= 0.3 is 0 Å². The second-order valence-electron chi connectivity index (χ2n) is 8.24. The Hall–Kier alpha value is -3.00. The van der Waals surface area contributed by atoms with Crippen molar-refractivity contribution in [3.05, 3.63) is 99.9 Å². The molecule has 146 valence electrons. The maximum atomic E-state index is 3.37. The predicted molar refractivity (Wildman–Crippen MR) is 124 cm³/mol. The van der Waals surface area contributed by atoms with Crippen LogP contribution in [0.4, 0.5) is 5.69 Å². The summed E-state index contributed by atoms with van der Waals surface area (Å²) in [4.78, 5) is 0. The van der Waals surface area contributed by atoms with E-state index in [-0.39, 0.29) is 6.04 Å². The molecule has 2 unspecified atom stereocenters. The van der Waals surface area contributed by atoms with E-state index in [0.717, 1.165) is 12.8 Å². The molecule has 3 aromatic rings. The minimum absolute atomic E-state index is 0.288. The first-order valence-electron chi connectivity index (χ1n) is 10.6. The van der Waals surface area contributed by atoms with E-state index in [0.29, 0.717) is 5.92 Å². The lowest BCUT2D eigenvalue weighted by atomic mass is 9.84. The van der Waals surface area contributed by atoms with E-state index in [4.69, 9.17) is 0 Å². The average molecular weight is 381 g/mol. The minimum Gasteiger partial charge on any atom is -0.388 e. The van der Waals surface area contributed by atoms with Crippen LogP contribution in [-0.4, -0.2) is 11.6 Å². The van der Waals surface area contributed by atoms with Gasteiger partial charge in [0.15, 0.2) is 0 Å². The summed E-state index contributed by atoms with van der Waals surface area (Å²) in [6, 6.07) is 17.8. The highest BCUT2D eigenvalue weighted by Crippen LogP contribution is 2.42. The molecule has 5 rings (SSSR count). The Morgan fingerprint density at radius 1 is 1.03 bits per heavy atom. The summed E-state index contributed by atoms with van der Waals surface area (Å²) in [7, 11) is 2.01. The Labute approximate surface area is 173 Å². The smallest absolute Gasteiger partial charge is 0.0581 e. The maximum Gasteiger partial charge on any atom is 0.0581 e. The molecule has 0 amide bonds. The molecule has 29 heavy (non-hydrogen) atoms. The van der Waals surface area contributed by atoms with Crippen LogP contribution in [0.1, 0.15) is 58.1 Å². The summed E-state index contributed by atoms with van der Waals surface area (Å²) < 4.78 is 2.57. The zero-order valence-corrected chi connectivity index (χ0v) is 17.4. The fourth-order valence-corrected chi connectivity index (χ4v) is 5.20. The van der Waals surface area contributed by atoms with Gasteiger partial charge in [-0.3, -0.25) is 0 Å². The van der Waals surface area contributed by atoms with Gasteiger partial charge in [0.2, 0.25) is 0 Å². The highest BCUT2D eigenvalue weighted by molar-refractivity contribution is 5.72. The number of benzene rings is 2. The van der Waals surface area contributed by atoms with Gasteiger partial charge in [-0.25, -0.2) is 0 Å². The van der Waals surface area contributed by atoms with Crippen LogP contribution in [0.15, 0.2) is 60.7 Å². The molecule has 1 N–H and O–H groups in total. The first-order valence-corrected chi connectivity index (χ1v) is 10.6. The molecule has 2 aliphatic carbocycles. The number of rotatable bonds is 4. The summed E-state index contributed by atoms with van der Waals surface area (Å²) in [5.41, 5.74) is 11.2. The normalized spacial score (nSPS) is 17.8. The van der Waals surface area contributed by atoms with Crippen molar-refractivity contribution in [1.82, 2.24) is 4.57 Å². The molecule has 2 nitrogen and oxygen atoms in total. The number of para-hydroxylation sites is 1. The topological polar surface area (TPSA) is 17.0 Å². The van der Waals surface area contributed by atoms with Gasteiger partial charge in [-0.15, -0.1) is 0 Å². The van der Waals surface area contributed by atoms with Crippen molar-refractivity contribution in [3.63, 3.8) is 0 Å². The van der Waals surface area contributed by atoms with Crippen LogP contribution in [0.2, 0.25) is 0 Å². The summed E-state index contributed by atoms with van der Waals surface area (Å²) in [5.74, 6) is 0.456. The molecule has 2 aromatic carbocycles. The third-order valence-corrected chi connectivity index (χ3v) is 6.66. The third kappa shape index (κ3) is 2.86. The van der Waals surface area contributed by atoms with E-state index >= 15 is 0 Å². The molecule has 2 heteroatoms. The van der Waals surface area contributed by atoms with Gasteiger partial charge in [0.1, 0.15) is 0 Å². The molecule has 0 radical (unpaired) electrons. The quantitative estimate of drug-likeness (QED) is 0.556. The second-order valence-corrected chi connectivity index (χ2v) is 8.24. The van der Waals surface area contributed by atoms with Crippen molar-refractivity contribution >= 4 is 17.8 Å². The monoisotopic (exact) mass is 380 g/mol. The SMILES string of the molecule is CNc1ccccc1C(C)n1c2c(c3c1CC=C3)CC(c1ccccc1C)C=C2.